The average molecular weight is 262 g/mol. The third kappa shape index (κ3) is 3.28. The summed E-state index contributed by atoms with van der Waals surface area (Å²) in [6.07, 6.45) is 1.89. The van der Waals surface area contributed by atoms with Crippen LogP contribution in [0.4, 0.5) is 5.69 Å². The van der Waals surface area contributed by atoms with Crippen LogP contribution in [0.1, 0.15) is 13.8 Å². The van der Waals surface area contributed by atoms with Gasteiger partial charge in [-0.25, -0.2) is 0 Å². The van der Waals surface area contributed by atoms with E-state index in [9.17, 15) is 0 Å². The molecule has 0 radical (unpaired) electrons. The van der Waals surface area contributed by atoms with Gasteiger partial charge in [0.05, 0.1) is 6.54 Å². The van der Waals surface area contributed by atoms with E-state index in [2.05, 4.69) is 40.3 Å². The van der Waals surface area contributed by atoms with Gasteiger partial charge in [-0.15, -0.1) is 0 Å². The van der Waals surface area contributed by atoms with E-state index in [1.807, 2.05) is 20.9 Å². The van der Waals surface area contributed by atoms with Gasteiger partial charge in [-0.1, -0.05) is 0 Å². The second-order valence-corrected chi connectivity index (χ2v) is 4.33. The lowest BCUT2D eigenvalue weighted by Gasteiger charge is -2.18. The topological polar surface area (TPSA) is 35.4 Å². The van der Waals surface area contributed by atoms with Crippen LogP contribution in [-0.4, -0.2) is 31.1 Å². The van der Waals surface area contributed by atoms with Crippen LogP contribution in [0.3, 0.4) is 0 Å². The molecule has 0 spiro atoms. The maximum atomic E-state index is 5.59. The smallest absolute Gasteiger partial charge is 0.175 e. The first-order chi connectivity index (χ1) is 9.28. The van der Waals surface area contributed by atoms with Crippen molar-refractivity contribution in [3.05, 3.63) is 30.5 Å². The average Bonchev–Trinajstić information content (AvgIpc) is 2.81. The molecule has 0 aliphatic heterocycles. The Hall–Kier alpha value is -1.52. The SMILES string of the molecule is CCOC(Cn1ccc2cc(NC)ccc21)OCC. The van der Waals surface area contributed by atoms with Gasteiger partial charge in [0.25, 0.3) is 0 Å². The molecule has 104 valence electrons. The molecule has 2 rings (SSSR count). The van der Waals surface area contributed by atoms with E-state index in [0.717, 1.165) is 5.69 Å². The summed E-state index contributed by atoms with van der Waals surface area (Å²) in [5.74, 6) is 0. The third-order valence-corrected chi connectivity index (χ3v) is 3.11. The lowest BCUT2D eigenvalue weighted by Crippen LogP contribution is -2.23. The minimum Gasteiger partial charge on any atom is -0.388 e. The lowest BCUT2D eigenvalue weighted by molar-refractivity contribution is -0.143. The molecule has 1 aromatic heterocycles. The number of hydrogen-bond donors (Lipinski definition) is 1. The number of fused-ring (bicyclic) bond motifs is 1. The van der Waals surface area contributed by atoms with E-state index in [1.165, 1.54) is 10.9 Å². The summed E-state index contributed by atoms with van der Waals surface area (Å²) in [6.45, 7) is 6.00. The van der Waals surface area contributed by atoms with Gasteiger partial charge >= 0.3 is 0 Å². The van der Waals surface area contributed by atoms with Crippen LogP contribution in [0.2, 0.25) is 0 Å². The Morgan fingerprint density at radius 3 is 2.53 bits per heavy atom. The van der Waals surface area contributed by atoms with Gasteiger partial charge in [-0.2, -0.15) is 0 Å². The number of nitrogens with zero attached hydrogens (tertiary/aromatic N) is 1. The van der Waals surface area contributed by atoms with Crippen LogP contribution in [0.5, 0.6) is 0 Å². The number of rotatable bonds is 7. The molecule has 0 atom stereocenters. The fourth-order valence-electron chi connectivity index (χ4n) is 2.20. The highest BCUT2D eigenvalue weighted by Gasteiger charge is 2.10. The molecule has 1 aromatic carbocycles. The standard InChI is InChI=1S/C15H22N2O2/c1-4-18-15(19-5-2)11-17-9-8-12-10-13(16-3)6-7-14(12)17/h6-10,15-16H,4-5,11H2,1-3H3. The van der Waals surface area contributed by atoms with Crippen molar-refractivity contribution < 1.29 is 9.47 Å². The van der Waals surface area contributed by atoms with E-state index >= 15 is 0 Å². The van der Waals surface area contributed by atoms with E-state index in [-0.39, 0.29) is 6.29 Å². The molecule has 4 nitrogen and oxygen atoms in total. The highest BCUT2D eigenvalue weighted by molar-refractivity contribution is 5.83. The Balaban J connectivity index is 2.20. The summed E-state index contributed by atoms with van der Waals surface area (Å²) in [5, 5.41) is 4.37. The van der Waals surface area contributed by atoms with Crippen molar-refractivity contribution in [3.63, 3.8) is 0 Å². The maximum absolute atomic E-state index is 5.59. The molecule has 4 heteroatoms. The molecule has 0 saturated carbocycles. The molecule has 0 saturated heterocycles. The zero-order valence-electron chi connectivity index (χ0n) is 11.8. The van der Waals surface area contributed by atoms with Crippen molar-refractivity contribution >= 4 is 16.6 Å². The minimum absolute atomic E-state index is 0.186. The molecule has 0 unspecified atom stereocenters. The molecule has 0 aliphatic carbocycles. The molecule has 19 heavy (non-hydrogen) atoms. The summed E-state index contributed by atoms with van der Waals surface area (Å²) in [6, 6.07) is 8.46. The van der Waals surface area contributed by atoms with Gasteiger partial charge in [0.2, 0.25) is 0 Å². The minimum atomic E-state index is -0.186. The molecular weight excluding hydrogens is 240 g/mol. The molecule has 2 aromatic rings. The molecule has 0 fully saturated rings. The molecule has 0 amide bonds. The van der Waals surface area contributed by atoms with E-state index in [1.54, 1.807) is 0 Å². The van der Waals surface area contributed by atoms with Gasteiger partial charge in [0.15, 0.2) is 6.29 Å². The lowest BCUT2D eigenvalue weighted by atomic mass is 10.2. The number of benzene rings is 1. The van der Waals surface area contributed by atoms with Crippen molar-refractivity contribution in [2.24, 2.45) is 0 Å². The Morgan fingerprint density at radius 2 is 1.89 bits per heavy atom. The second-order valence-electron chi connectivity index (χ2n) is 4.33. The van der Waals surface area contributed by atoms with Gasteiger partial charge < -0.3 is 19.4 Å². The van der Waals surface area contributed by atoms with Gasteiger partial charge in [-0.3, -0.25) is 0 Å². The number of aromatic nitrogens is 1. The van der Waals surface area contributed by atoms with Gasteiger partial charge in [-0.05, 0) is 38.1 Å². The van der Waals surface area contributed by atoms with Crippen molar-refractivity contribution in [3.8, 4) is 0 Å². The van der Waals surface area contributed by atoms with E-state index in [4.69, 9.17) is 9.47 Å². The highest BCUT2D eigenvalue weighted by atomic mass is 16.7. The number of anilines is 1. The largest absolute Gasteiger partial charge is 0.388 e. The first-order valence-corrected chi connectivity index (χ1v) is 6.78. The Bertz CT molecular complexity index is 516. The van der Waals surface area contributed by atoms with Crippen molar-refractivity contribution in [1.29, 1.82) is 0 Å². The fraction of sp³-hybridized carbons (Fsp3) is 0.467. The Labute approximate surface area is 114 Å². The van der Waals surface area contributed by atoms with Crippen LogP contribution in [0.25, 0.3) is 10.9 Å². The van der Waals surface area contributed by atoms with Crippen LogP contribution < -0.4 is 5.32 Å². The van der Waals surface area contributed by atoms with Gasteiger partial charge in [0.1, 0.15) is 0 Å². The molecule has 1 N–H and O–H groups in total. The van der Waals surface area contributed by atoms with Crippen LogP contribution in [0, 0.1) is 0 Å². The summed E-state index contributed by atoms with van der Waals surface area (Å²) < 4.78 is 13.4. The van der Waals surface area contributed by atoms with Crippen molar-refractivity contribution in [2.75, 3.05) is 25.6 Å². The number of hydrogen-bond acceptors (Lipinski definition) is 3. The number of nitrogens with one attached hydrogen (secondary N) is 1. The first kappa shape index (κ1) is 13.9. The highest BCUT2D eigenvalue weighted by Crippen LogP contribution is 2.21. The molecule has 1 heterocycles. The predicted octanol–water partition coefficient (Wildman–Crippen LogP) is 3.08. The summed E-state index contributed by atoms with van der Waals surface area (Å²) in [7, 11) is 1.93. The van der Waals surface area contributed by atoms with E-state index < -0.39 is 0 Å². The zero-order valence-corrected chi connectivity index (χ0v) is 11.8. The number of ether oxygens (including phenoxy) is 2. The summed E-state index contributed by atoms with van der Waals surface area (Å²) >= 11 is 0. The van der Waals surface area contributed by atoms with Gasteiger partial charge in [0, 0.05) is 43.0 Å². The van der Waals surface area contributed by atoms with Crippen molar-refractivity contribution in [2.45, 2.75) is 26.7 Å². The van der Waals surface area contributed by atoms with E-state index in [0.29, 0.717) is 19.8 Å². The normalized spacial score (nSPS) is 11.4. The monoisotopic (exact) mass is 262 g/mol. The third-order valence-electron chi connectivity index (χ3n) is 3.11. The zero-order chi connectivity index (χ0) is 13.7. The Kier molecular flexibility index (Phi) is 4.82. The second kappa shape index (κ2) is 6.59. The summed E-state index contributed by atoms with van der Waals surface area (Å²) in [5.41, 5.74) is 2.32. The van der Waals surface area contributed by atoms with Crippen LogP contribution in [0.15, 0.2) is 30.5 Å². The predicted molar refractivity (Wildman–Crippen MR) is 78.5 cm³/mol. The Morgan fingerprint density at radius 1 is 1.16 bits per heavy atom. The molecule has 0 aliphatic rings. The van der Waals surface area contributed by atoms with Crippen LogP contribution >= 0.6 is 0 Å². The molecular formula is C15H22N2O2. The van der Waals surface area contributed by atoms with Crippen LogP contribution in [-0.2, 0) is 16.0 Å². The fourth-order valence-corrected chi connectivity index (χ4v) is 2.20. The summed E-state index contributed by atoms with van der Waals surface area (Å²) in [4.78, 5) is 0. The maximum Gasteiger partial charge on any atom is 0.175 e. The first-order valence-electron chi connectivity index (χ1n) is 6.78. The molecule has 0 bridgehead atoms. The quantitative estimate of drug-likeness (QED) is 0.779. The van der Waals surface area contributed by atoms with Crippen molar-refractivity contribution in [1.82, 2.24) is 4.57 Å².